The van der Waals surface area contributed by atoms with Gasteiger partial charge in [0.15, 0.2) is 0 Å². The Labute approximate surface area is 121 Å². The smallest absolute Gasteiger partial charge is 0.322 e. The molecule has 0 bridgehead atoms. The van der Waals surface area contributed by atoms with Crippen LogP contribution in [-0.4, -0.2) is 60.1 Å². The first-order valence-corrected chi connectivity index (χ1v) is 8.19. The summed E-state index contributed by atoms with van der Waals surface area (Å²) in [4.78, 5) is 33.3. The van der Waals surface area contributed by atoms with E-state index >= 15 is 0 Å². The molecule has 0 saturated carbocycles. The van der Waals surface area contributed by atoms with Crippen molar-refractivity contribution in [1.82, 2.24) is 14.9 Å². The molecule has 0 aliphatic carbocycles. The van der Waals surface area contributed by atoms with E-state index < -0.39 is 33.5 Å². The van der Waals surface area contributed by atoms with Crippen molar-refractivity contribution in [2.75, 3.05) is 18.8 Å². The molecule has 3 amide bonds. The van der Waals surface area contributed by atoms with Crippen LogP contribution in [0.15, 0.2) is 0 Å². The third kappa shape index (κ3) is 3.32. The second kappa shape index (κ2) is 5.60. The Balaban J connectivity index is 1.93. The lowest BCUT2D eigenvalue weighted by atomic mass is 9.89. The highest BCUT2D eigenvalue weighted by Gasteiger charge is 2.49. The lowest BCUT2D eigenvalue weighted by Crippen LogP contribution is -2.55. The SMILES string of the molecule is O=C(O)CCCS(=O)(=O)N1CCC2(CC1)NC(=O)NC2=O. The van der Waals surface area contributed by atoms with Gasteiger partial charge in [0.1, 0.15) is 5.54 Å². The quantitative estimate of drug-likeness (QED) is 0.548. The van der Waals surface area contributed by atoms with Crippen molar-refractivity contribution in [1.29, 1.82) is 0 Å². The van der Waals surface area contributed by atoms with Crippen molar-refractivity contribution in [2.45, 2.75) is 31.2 Å². The van der Waals surface area contributed by atoms with Crippen molar-refractivity contribution in [3.63, 3.8) is 0 Å². The van der Waals surface area contributed by atoms with Crippen molar-refractivity contribution >= 4 is 27.9 Å². The Bertz CT molecular complexity index is 565. The Hall–Kier alpha value is -1.68. The van der Waals surface area contributed by atoms with Gasteiger partial charge in [0.25, 0.3) is 5.91 Å². The molecule has 0 radical (unpaired) electrons. The fraction of sp³-hybridized carbons (Fsp3) is 0.727. The van der Waals surface area contributed by atoms with Crippen LogP contribution in [0.4, 0.5) is 4.79 Å². The molecule has 2 heterocycles. The van der Waals surface area contributed by atoms with Crippen molar-refractivity contribution < 1.29 is 27.9 Å². The minimum atomic E-state index is -3.53. The van der Waals surface area contributed by atoms with Gasteiger partial charge in [0.05, 0.1) is 5.75 Å². The maximum Gasteiger partial charge on any atom is 0.322 e. The fourth-order valence-electron chi connectivity index (χ4n) is 2.56. The first-order chi connectivity index (χ1) is 9.75. The summed E-state index contributed by atoms with van der Waals surface area (Å²) in [7, 11) is -3.53. The second-order valence-electron chi connectivity index (χ2n) is 5.20. The van der Waals surface area contributed by atoms with Crippen LogP contribution in [0, 0.1) is 0 Å². The van der Waals surface area contributed by atoms with Gasteiger partial charge in [-0.2, -0.15) is 0 Å². The van der Waals surface area contributed by atoms with Crippen LogP contribution in [0.25, 0.3) is 0 Å². The number of urea groups is 1. The summed E-state index contributed by atoms with van der Waals surface area (Å²) in [6.07, 6.45) is 0.275. The van der Waals surface area contributed by atoms with Crippen LogP contribution in [-0.2, 0) is 19.6 Å². The van der Waals surface area contributed by atoms with Crippen LogP contribution in [0.5, 0.6) is 0 Å². The van der Waals surface area contributed by atoms with Gasteiger partial charge in [0.2, 0.25) is 10.0 Å². The van der Waals surface area contributed by atoms with E-state index in [2.05, 4.69) is 10.6 Å². The van der Waals surface area contributed by atoms with Gasteiger partial charge in [-0.05, 0) is 19.3 Å². The molecule has 10 heteroatoms. The van der Waals surface area contributed by atoms with E-state index in [0.29, 0.717) is 0 Å². The monoisotopic (exact) mass is 319 g/mol. The number of carboxylic acid groups (broad SMARTS) is 1. The van der Waals surface area contributed by atoms with E-state index in [1.807, 2.05) is 0 Å². The van der Waals surface area contributed by atoms with Crippen molar-refractivity contribution in [3.8, 4) is 0 Å². The highest BCUT2D eigenvalue weighted by atomic mass is 32.2. The predicted molar refractivity (Wildman–Crippen MR) is 70.9 cm³/mol. The zero-order valence-corrected chi connectivity index (χ0v) is 12.1. The van der Waals surface area contributed by atoms with Gasteiger partial charge >= 0.3 is 12.0 Å². The van der Waals surface area contributed by atoms with E-state index in [-0.39, 0.29) is 44.5 Å². The molecule has 0 unspecified atom stereocenters. The first-order valence-electron chi connectivity index (χ1n) is 6.58. The second-order valence-corrected chi connectivity index (χ2v) is 7.29. The average Bonchev–Trinajstić information content (AvgIpc) is 2.63. The number of amides is 3. The van der Waals surface area contributed by atoms with Gasteiger partial charge in [0, 0.05) is 19.5 Å². The van der Waals surface area contributed by atoms with Crippen LogP contribution in [0.3, 0.4) is 0 Å². The van der Waals surface area contributed by atoms with Gasteiger partial charge in [-0.15, -0.1) is 0 Å². The molecule has 1 spiro atoms. The summed E-state index contributed by atoms with van der Waals surface area (Å²) < 4.78 is 25.4. The number of carbonyl (C=O) groups is 3. The van der Waals surface area contributed by atoms with Crippen LogP contribution in [0.2, 0.25) is 0 Å². The lowest BCUT2D eigenvalue weighted by molar-refractivity contribution is -0.137. The Kier molecular flexibility index (Phi) is 4.19. The van der Waals surface area contributed by atoms with Gasteiger partial charge in [-0.1, -0.05) is 0 Å². The number of aliphatic carboxylic acids is 1. The summed E-state index contributed by atoms with van der Waals surface area (Å²) in [5, 5.41) is 13.2. The Morgan fingerprint density at radius 1 is 1.29 bits per heavy atom. The van der Waals surface area contributed by atoms with E-state index in [4.69, 9.17) is 5.11 Å². The van der Waals surface area contributed by atoms with Gasteiger partial charge in [-0.25, -0.2) is 17.5 Å². The normalized spacial score (nSPS) is 22.1. The van der Waals surface area contributed by atoms with Crippen molar-refractivity contribution in [2.24, 2.45) is 0 Å². The van der Waals surface area contributed by atoms with Crippen molar-refractivity contribution in [3.05, 3.63) is 0 Å². The summed E-state index contributed by atoms with van der Waals surface area (Å²) in [6, 6.07) is -0.558. The van der Waals surface area contributed by atoms with Crippen LogP contribution < -0.4 is 10.6 Å². The molecule has 2 rings (SSSR count). The summed E-state index contributed by atoms with van der Waals surface area (Å²) in [5.74, 6) is -1.69. The highest BCUT2D eigenvalue weighted by Crippen LogP contribution is 2.27. The maximum atomic E-state index is 12.1. The zero-order chi connectivity index (χ0) is 15.7. The minimum Gasteiger partial charge on any atom is -0.481 e. The number of hydrogen-bond donors (Lipinski definition) is 3. The number of carboxylic acids is 1. The number of piperidine rings is 1. The molecule has 0 aromatic rings. The van der Waals surface area contributed by atoms with E-state index in [1.54, 1.807) is 0 Å². The molecule has 3 N–H and O–H groups in total. The molecule has 0 aromatic carbocycles. The zero-order valence-electron chi connectivity index (χ0n) is 11.3. The molecule has 21 heavy (non-hydrogen) atoms. The molecule has 0 atom stereocenters. The number of carbonyl (C=O) groups excluding carboxylic acids is 2. The summed E-state index contributed by atoms with van der Waals surface area (Å²) >= 11 is 0. The largest absolute Gasteiger partial charge is 0.481 e. The molecular formula is C11H17N3O6S. The summed E-state index contributed by atoms with van der Waals surface area (Å²) in [5.41, 5.74) is -1.01. The molecule has 2 aliphatic rings. The van der Waals surface area contributed by atoms with Gasteiger partial charge < -0.3 is 10.4 Å². The number of nitrogens with zero attached hydrogens (tertiary/aromatic N) is 1. The maximum absolute atomic E-state index is 12.1. The highest BCUT2D eigenvalue weighted by molar-refractivity contribution is 7.89. The molecular weight excluding hydrogens is 302 g/mol. The third-order valence-electron chi connectivity index (χ3n) is 3.78. The molecule has 2 saturated heterocycles. The van der Waals surface area contributed by atoms with E-state index in [1.165, 1.54) is 4.31 Å². The Morgan fingerprint density at radius 2 is 1.90 bits per heavy atom. The first kappa shape index (κ1) is 15.7. The topological polar surface area (TPSA) is 133 Å². The number of sulfonamides is 1. The van der Waals surface area contributed by atoms with Gasteiger partial charge in [-0.3, -0.25) is 14.9 Å². The summed E-state index contributed by atoms with van der Waals surface area (Å²) in [6.45, 7) is 0.256. The Morgan fingerprint density at radius 3 is 2.38 bits per heavy atom. The predicted octanol–water partition coefficient (Wildman–Crippen LogP) is -1.14. The number of hydrogen-bond acceptors (Lipinski definition) is 5. The average molecular weight is 319 g/mol. The molecule has 0 aromatic heterocycles. The number of imide groups is 1. The van der Waals surface area contributed by atoms with E-state index in [9.17, 15) is 22.8 Å². The fourth-order valence-corrected chi connectivity index (χ4v) is 4.07. The third-order valence-corrected chi connectivity index (χ3v) is 5.73. The van der Waals surface area contributed by atoms with Crippen LogP contribution >= 0.6 is 0 Å². The molecule has 2 fully saturated rings. The minimum absolute atomic E-state index is 0.0521. The standard InChI is InChI=1S/C11H17N3O6S/c15-8(16)2-1-7-21(19,20)14-5-3-11(4-6-14)9(17)12-10(18)13-11/h1-7H2,(H,15,16)(H2,12,13,17,18). The molecule has 9 nitrogen and oxygen atoms in total. The molecule has 118 valence electrons. The number of rotatable bonds is 5. The van der Waals surface area contributed by atoms with E-state index in [0.717, 1.165) is 0 Å². The molecule has 2 aliphatic heterocycles. The van der Waals surface area contributed by atoms with Crippen LogP contribution in [0.1, 0.15) is 25.7 Å². The lowest BCUT2D eigenvalue weighted by Gasteiger charge is -2.36. The number of nitrogens with one attached hydrogen (secondary N) is 2.